The smallest absolute Gasteiger partial charge is 0.310 e. The number of ether oxygens (including phenoxy) is 4. The van der Waals surface area contributed by atoms with Gasteiger partial charge in [0.15, 0.2) is 25.6 Å². The number of nitrogens with two attached hydrogens (primary N) is 2. The van der Waals surface area contributed by atoms with Crippen LogP contribution in [0.4, 0.5) is 57.4 Å². The molecule has 4 unspecified atom stereocenters. The van der Waals surface area contributed by atoms with Gasteiger partial charge < -0.3 is 60.0 Å². The first-order chi connectivity index (χ1) is 53.7. The maximum atomic E-state index is 13.7. The van der Waals surface area contributed by atoms with Gasteiger partial charge in [-0.25, -0.2) is 37.5 Å². The number of nitrogens with zero attached hydrogens (tertiary/aromatic N) is 9. The number of hydrogen-bond acceptors (Lipinski definition) is 22. The molecule has 12 rings (SSSR count). The highest BCUT2D eigenvalue weighted by Gasteiger charge is 2.39. The van der Waals surface area contributed by atoms with Crippen molar-refractivity contribution in [3.63, 3.8) is 0 Å². The summed E-state index contributed by atoms with van der Waals surface area (Å²) in [4.78, 5) is 54.8. The molecule has 30 heteroatoms. The Labute approximate surface area is 650 Å². The van der Waals surface area contributed by atoms with E-state index in [1.165, 1.54) is 30.3 Å². The number of halogens is 4. The van der Waals surface area contributed by atoms with E-state index in [2.05, 4.69) is 47.9 Å². The van der Waals surface area contributed by atoms with Gasteiger partial charge in [0.1, 0.15) is 83.3 Å². The number of aliphatic hydroxyl groups is 3. The molecule has 0 bridgehead atoms. The molecule has 0 saturated carbocycles. The second-order valence-corrected chi connectivity index (χ2v) is 33.1. The number of hydrogen-bond donors (Lipinski definition) is 5. The summed E-state index contributed by atoms with van der Waals surface area (Å²) in [6.45, 7) is 7.70. The number of nitro benzene ring substituents is 3. The third-order valence-electron chi connectivity index (χ3n) is 18.3. The maximum Gasteiger partial charge on any atom is 0.310 e. The van der Waals surface area contributed by atoms with Crippen LogP contribution in [0, 0.1) is 37.3 Å². The van der Waals surface area contributed by atoms with Crippen molar-refractivity contribution in [2.45, 2.75) is 70.2 Å². The van der Waals surface area contributed by atoms with E-state index in [1.807, 2.05) is 149 Å². The number of nitrogen functional groups attached to an aromatic ring is 2. The molecule has 8 aromatic carbocycles. The van der Waals surface area contributed by atoms with Crippen molar-refractivity contribution in [3.8, 4) is 68.0 Å². The van der Waals surface area contributed by atoms with Crippen LogP contribution in [-0.4, -0.2) is 164 Å². The molecule has 0 spiro atoms. The summed E-state index contributed by atoms with van der Waals surface area (Å²) in [6, 6.07) is 57.1. The lowest BCUT2D eigenvalue weighted by atomic mass is 10.1. The number of anilines is 4. The van der Waals surface area contributed by atoms with E-state index in [0.717, 1.165) is 71.8 Å². The summed E-state index contributed by atoms with van der Waals surface area (Å²) in [6.07, 6.45) is -4.64. The van der Waals surface area contributed by atoms with E-state index >= 15 is 0 Å². The Morgan fingerprint density at radius 3 is 1.11 bits per heavy atom. The van der Waals surface area contributed by atoms with Crippen molar-refractivity contribution in [3.05, 3.63) is 230 Å². The molecule has 0 fully saturated rings. The third-order valence-corrected chi connectivity index (χ3v) is 22.8. The first kappa shape index (κ1) is 84.8. The molecule has 0 aliphatic rings. The van der Waals surface area contributed by atoms with Gasteiger partial charge >= 0.3 is 17.1 Å². The number of aryl methyl sites for hydroxylation is 1. The van der Waals surface area contributed by atoms with Crippen LogP contribution in [-0.2, 0) is 4.43 Å². The standard InChI is InChI=1S/C25H31FN2O4Si.C20H20FN3O4.C20H22FN3O2.C18H16FN3O4/c1-17-7-10-21-18(13-17)8-11-22(27-21)19-9-12-23(28(29)30)24(14-19)31-16-20(15-26)32-33(5,6)25(2,3)4;1-23(2)15-5-7-18-13(9-15)3-6-17(22-18)14-4-8-19(24(26)27)20(10-14)28-12-16(25)11-21;1-24(2)15-5-8-19-13(9-15)4-7-18(23-19)14-3-6-17(22)20(10-14)26-12-16(25)11-21;19-9-14(23)10-26-18-8-12(2-6-17(18)22(24)25)15-4-1-11-7-13(20)3-5-16(11)21-15/h7-14,20H,15-16H2,1-6H3;3-10,16,25H,11-12H2,1-2H3;3-10,16,25H,11-12,22H2,1-2H3;1-8,14,23H,9-10,20H2. The first-order valence-corrected chi connectivity index (χ1v) is 38.6. The lowest BCUT2D eigenvalue weighted by molar-refractivity contribution is -0.386. The summed E-state index contributed by atoms with van der Waals surface area (Å²) in [5, 5.41) is 65.7. The van der Waals surface area contributed by atoms with Gasteiger partial charge in [-0.3, -0.25) is 30.3 Å². The average molecular weight is 1570 g/mol. The van der Waals surface area contributed by atoms with E-state index in [-0.39, 0.29) is 65.8 Å². The van der Waals surface area contributed by atoms with Gasteiger partial charge in [0.25, 0.3) is 0 Å². The van der Waals surface area contributed by atoms with Gasteiger partial charge in [0.2, 0.25) is 0 Å². The fraction of sp³-hybridized carbons (Fsp3) is 0.277. The van der Waals surface area contributed by atoms with Crippen LogP contribution in [0.3, 0.4) is 0 Å². The predicted octanol–water partition coefficient (Wildman–Crippen LogP) is 16.8. The van der Waals surface area contributed by atoms with Crippen molar-refractivity contribution in [2.24, 2.45) is 0 Å². The molecule has 0 aliphatic carbocycles. The van der Waals surface area contributed by atoms with Crippen LogP contribution in [0.5, 0.6) is 23.0 Å². The minimum Gasteiger partial charge on any atom is -0.489 e. The number of aliphatic hydroxyl groups excluding tert-OH is 3. The first-order valence-electron chi connectivity index (χ1n) is 35.7. The molecular formula is C83H89F4N11O14Si. The number of benzene rings is 8. The van der Waals surface area contributed by atoms with Crippen LogP contribution >= 0.6 is 0 Å². The number of nitro groups is 3. The second kappa shape index (κ2) is 38.1. The van der Waals surface area contributed by atoms with Gasteiger partial charge in [0.05, 0.1) is 65.3 Å². The summed E-state index contributed by atoms with van der Waals surface area (Å²) < 4.78 is 78.8. The molecule has 25 nitrogen and oxygen atoms in total. The predicted molar refractivity (Wildman–Crippen MR) is 437 cm³/mol. The molecule has 4 atom stereocenters. The highest BCUT2D eigenvalue weighted by atomic mass is 28.4. The number of fused-ring (bicyclic) bond motifs is 4. The van der Waals surface area contributed by atoms with Gasteiger partial charge in [-0.1, -0.05) is 62.7 Å². The van der Waals surface area contributed by atoms with E-state index < -0.39 is 74.2 Å². The van der Waals surface area contributed by atoms with E-state index in [9.17, 15) is 63.2 Å². The number of rotatable bonds is 27. The van der Waals surface area contributed by atoms with Gasteiger partial charge in [-0.2, -0.15) is 0 Å². The SMILES string of the molecule is CN(C)c1ccc2nc(-c3ccc(N)c(OCC(O)CF)c3)ccc2c1.CN(C)c1ccc2nc(-c3ccc([N+](=O)[O-])c(OCC(O)CF)c3)ccc2c1.Cc1ccc2nc(-c3ccc([N+](=O)[O-])c(OCC(CF)O[Si](C)(C)C(C)(C)C)c3)ccc2c1.Nc1ccc2nc(-c3ccc([N+](=O)[O-])c(OCC(O)CF)c3)ccc2c1. The normalized spacial score (nSPS) is 12.4. The lowest BCUT2D eigenvalue weighted by Crippen LogP contribution is -2.46. The average Bonchev–Trinajstić information content (AvgIpc) is 0.813. The van der Waals surface area contributed by atoms with Crippen molar-refractivity contribution >= 4 is 91.7 Å². The maximum absolute atomic E-state index is 13.7. The fourth-order valence-corrected chi connectivity index (χ4v) is 12.3. The number of pyridine rings is 4. The van der Waals surface area contributed by atoms with Crippen molar-refractivity contribution < 1.29 is 71.0 Å². The van der Waals surface area contributed by atoms with E-state index in [4.69, 9.17) is 39.8 Å². The van der Waals surface area contributed by atoms with Crippen LogP contribution in [0.2, 0.25) is 18.1 Å². The number of aromatic nitrogens is 4. The molecule has 592 valence electrons. The van der Waals surface area contributed by atoms with Crippen LogP contribution in [0.1, 0.15) is 26.3 Å². The van der Waals surface area contributed by atoms with E-state index in [1.54, 1.807) is 60.7 Å². The van der Waals surface area contributed by atoms with Crippen LogP contribution in [0.25, 0.3) is 88.6 Å². The van der Waals surface area contributed by atoms with Crippen LogP contribution in [0.15, 0.2) is 194 Å². The van der Waals surface area contributed by atoms with Crippen molar-refractivity contribution in [1.29, 1.82) is 0 Å². The highest BCUT2D eigenvalue weighted by molar-refractivity contribution is 6.74. The highest BCUT2D eigenvalue weighted by Crippen LogP contribution is 2.40. The third kappa shape index (κ3) is 22.5. The molecule has 4 heterocycles. The van der Waals surface area contributed by atoms with Crippen molar-refractivity contribution in [1.82, 2.24) is 19.9 Å². The van der Waals surface area contributed by atoms with Gasteiger partial charge in [-0.15, -0.1) is 0 Å². The Morgan fingerprint density at radius 1 is 0.425 bits per heavy atom. The summed E-state index contributed by atoms with van der Waals surface area (Å²) in [7, 11) is 5.70. The Kier molecular flexibility index (Phi) is 28.6. The Morgan fingerprint density at radius 2 is 0.752 bits per heavy atom. The summed E-state index contributed by atoms with van der Waals surface area (Å²) in [5.41, 5.74) is 24.0. The quantitative estimate of drug-likeness (QED) is 0.0105. The number of alkyl halides is 4. The minimum atomic E-state index is -2.22. The van der Waals surface area contributed by atoms with Crippen LogP contribution < -0.4 is 40.2 Å². The second-order valence-electron chi connectivity index (χ2n) is 28.4. The fourth-order valence-electron chi connectivity index (χ4n) is 11.0. The zero-order chi connectivity index (χ0) is 82.0. The zero-order valence-electron chi connectivity index (χ0n) is 64.0. The molecule has 0 saturated heterocycles. The van der Waals surface area contributed by atoms with Crippen molar-refractivity contribution in [2.75, 3.05) is 103 Å². The molecule has 113 heavy (non-hydrogen) atoms. The molecule has 0 amide bonds. The monoisotopic (exact) mass is 1570 g/mol. The van der Waals surface area contributed by atoms with Gasteiger partial charge in [-0.05, 0) is 165 Å². The molecule has 0 aliphatic heterocycles. The largest absolute Gasteiger partial charge is 0.489 e. The summed E-state index contributed by atoms with van der Waals surface area (Å²) in [5.74, 6) is 0.375. The molecular weight excluding hydrogens is 1480 g/mol. The molecule has 4 aromatic heterocycles. The Hall–Kier alpha value is -12.2. The molecule has 7 N–H and O–H groups in total. The molecule has 0 radical (unpaired) electrons. The van der Waals surface area contributed by atoms with E-state index in [0.29, 0.717) is 50.9 Å². The lowest BCUT2D eigenvalue weighted by Gasteiger charge is -2.38. The minimum absolute atomic E-state index is 0.0418. The van der Waals surface area contributed by atoms with Gasteiger partial charge in [0, 0.05) is 107 Å². The topological polar surface area (TPSA) is 346 Å². The summed E-state index contributed by atoms with van der Waals surface area (Å²) >= 11 is 0. The zero-order valence-corrected chi connectivity index (χ0v) is 65.0. The Bertz CT molecular complexity index is 5360. The molecule has 12 aromatic rings. The Balaban J connectivity index is 0.000000174.